The van der Waals surface area contributed by atoms with Crippen LogP contribution in [0.5, 0.6) is 5.88 Å². The summed E-state index contributed by atoms with van der Waals surface area (Å²) in [5.41, 5.74) is -0.0506. The molecular weight excluding hydrogens is 434 g/mol. The van der Waals surface area contributed by atoms with E-state index in [2.05, 4.69) is 20.6 Å². The molecule has 1 aromatic rings. The number of hydrogen-bond donors (Lipinski definition) is 2. The Morgan fingerprint density at radius 1 is 1.28 bits per heavy atom. The minimum absolute atomic E-state index is 0.225. The summed E-state index contributed by atoms with van der Waals surface area (Å²) in [6.45, 7) is 7.47. The number of carbonyl (C=O) groups is 3. The first kappa shape index (κ1) is 25.4. The number of rotatable bonds is 7. The second-order valence-electron chi connectivity index (χ2n) is 8.25. The Balaban J connectivity index is 2.02. The van der Waals surface area contributed by atoms with E-state index in [1.54, 1.807) is 6.07 Å². The summed E-state index contributed by atoms with van der Waals surface area (Å²) >= 11 is 0.789. The van der Waals surface area contributed by atoms with Crippen molar-refractivity contribution in [2.75, 3.05) is 38.7 Å². The topological polar surface area (TPSA) is 123 Å². The molecule has 0 bridgehead atoms. The largest absolute Gasteiger partial charge is 0.481 e. The molecule has 1 aliphatic rings. The van der Waals surface area contributed by atoms with Crippen LogP contribution in [0.3, 0.4) is 0 Å². The number of amides is 2. The normalized spacial score (nSPS) is 15.2. The molecule has 0 aliphatic carbocycles. The van der Waals surface area contributed by atoms with Crippen LogP contribution in [-0.2, 0) is 9.53 Å². The summed E-state index contributed by atoms with van der Waals surface area (Å²) in [4.78, 5) is 46.0. The molecule has 10 nitrogen and oxygen atoms in total. The van der Waals surface area contributed by atoms with Crippen molar-refractivity contribution in [3.63, 3.8) is 0 Å². The molecule has 11 heteroatoms. The number of aromatic nitrogens is 2. The summed E-state index contributed by atoms with van der Waals surface area (Å²) in [5.74, 6) is 1.18. The van der Waals surface area contributed by atoms with Gasteiger partial charge in [0.15, 0.2) is 6.29 Å². The van der Waals surface area contributed by atoms with Gasteiger partial charge < -0.3 is 25.0 Å². The van der Waals surface area contributed by atoms with Crippen LogP contribution >= 0.6 is 11.8 Å². The van der Waals surface area contributed by atoms with Crippen molar-refractivity contribution in [3.05, 3.63) is 16.7 Å². The first-order chi connectivity index (χ1) is 15.1. The smallest absolute Gasteiger partial charge is 0.407 e. The van der Waals surface area contributed by atoms with Crippen molar-refractivity contribution in [1.82, 2.24) is 20.6 Å². The van der Waals surface area contributed by atoms with Gasteiger partial charge in [-0.05, 0) is 57.4 Å². The highest BCUT2D eigenvalue weighted by atomic mass is 32.2. The van der Waals surface area contributed by atoms with Gasteiger partial charge in [-0.15, -0.1) is 0 Å². The van der Waals surface area contributed by atoms with Gasteiger partial charge in [-0.3, -0.25) is 9.59 Å². The lowest BCUT2D eigenvalue weighted by Gasteiger charge is -2.32. The molecule has 176 valence electrons. The average molecular weight is 466 g/mol. The molecule has 0 atom stereocenters. The SMILES string of the molecule is CNC(=O)S/C(C=O)=C\c1cc(OC)nc(N2CCC(CNC(=O)OC(C)(C)C)CC2)n1. The monoisotopic (exact) mass is 465 g/mol. The van der Waals surface area contributed by atoms with E-state index in [1.807, 2.05) is 25.7 Å². The molecule has 0 aromatic carbocycles. The van der Waals surface area contributed by atoms with Crippen LogP contribution < -0.4 is 20.3 Å². The molecule has 2 amide bonds. The number of thioether (sulfide) groups is 1. The Bertz CT molecular complexity index is 847. The molecule has 0 saturated carbocycles. The number of hydrogen-bond acceptors (Lipinski definition) is 9. The summed E-state index contributed by atoms with van der Waals surface area (Å²) in [6.07, 6.45) is 3.43. The van der Waals surface area contributed by atoms with E-state index < -0.39 is 11.7 Å². The Morgan fingerprint density at radius 2 is 1.97 bits per heavy atom. The fraction of sp³-hybridized carbons (Fsp3) is 0.571. The van der Waals surface area contributed by atoms with Crippen LogP contribution in [0.1, 0.15) is 39.3 Å². The second kappa shape index (κ2) is 11.7. The van der Waals surface area contributed by atoms with Gasteiger partial charge in [-0.2, -0.15) is 4.98 Å². The molecule has 0 unspecified atom stereocenters. The average Bonchev–Trinajstić information content (AvgIpc) is 2.76. The van der Waals surface area contributed by atoms with Gasteiger partial charge in [0.1, 0.15) is 5.60 Å². The van der Waals surface area contributed by atoms with E-state index in [0.29, 0.717) is 49.4 Å². The Labute approximate surface area is 192 Å². The second-order valence-corrected chi connectivity index (χ2v) is 9.30. The number of nitrogens with zero attached hydrogens (tertiary/aromatic N) is 3. The lowest BCUT2D eigenvalue weighted by molar-refractivity contribution is -0.104. The maximum absolute atomic E-state index is 11.9. The zero-order chi connectivity index (χ0) is 23.7. The number of nitrogens with one attached hydrogen (secondary N) is 2. The maximum Gasteiger partial charge on any atom is 0.407 e. The molecule has 0 radical (unpaired) electrons. The Hall–Kier alpha value is -2.82. The lowest BCUT2D eigenvalue weighted by Crippen LogP contribution is -2.40. The Morgan fingerprint density at radius 3 is 2.53 bits per heavy atom. The van der Waals surface area contributed by atoms with Crippen molar-refractivity contribution < 1.29 is 23.9 Å². The van der Waals surface area contributed by atoms with Crippen LogP contribution in [0.25, 0.3) is 6.08 Å². The molecule has 1 aromatic heterocycles. The summed E-state index contributed by atoms with van der Waals surface area (Å²) < 4.78 is 10.6. The van der Waals surface area contributed by atoms with Gasteiger partial charge in [0.2, 0.25) is 11.8 Å². The van der Waals surface area contributed by atoms with Crippen molar-refractivity contribution in [3.8, 4) is 5.88 Å². The molecule has 1 fully saturated rings. The van der Waals surface area contributed by atoms with E-state index in [-0.39, 0.29) is 10.1 Å². The predicted molar refractivity (Wildman–Crippen MR) is 124 cm³/mol. The van der Waals surface area contributed by atoms with Crippen molar-refractivity contribution in [1.29, 1.82) is 0 Å². The number of ether oxygens (including phenoxy) is 2. The van der Waals surface area contributed by atoms with Crippen molar-refractivity contribution >= 4 is 41.4 Å². The third-order valence-electron chi connectivity index (χ3n) is 4.57. The number of methoxy groups -OCH3 is 1. The minimum atomic E-state index is -0.522. The highest BCUT2D eigenvalue weighted by Gasteiger charge is 2.23. The van der Waals surface area contributed by atoms with Gasteiger partial charge in [0.25, 0.3) is 5.24 Å². The molecule has 2 heterocycles. The van der Waals surface area contributed by atoms with Gasteiger partial charge in [-0.25, -0.2) is 9.78 Å². The number of allylic oxidation sites excluding steroid dienone is 1. The number of piperidine rings is 1. The van der Waals surface area contributed by atoms with E-state index in [0.717, 1.165) is 24.6 Å². The van der Waals surface area contributed by atoms with Crippen LogP contribution in [0, 0.1) is 5.92 Å². The van der Waals surface area contributed by atoms with E-state index in [4.69, 9.17) is 9.47 Å². The third kappa shape index (κ3) is 8.37. The quantitative estimate of drug-likeness (QED) is 0.462. The highest BCUT2D eigenvalue weighted by molar-refractivity contribution is 8.17. The van der Waals surface area contributed by atoms with Crippen molar-refractivity contribution in [2.45, 2.75) is 39.2 Å². The minimum Gasteiger partial charge on any atom is -0.481 e. The summed E-state index contributed by atoms with van der Waals surface area (Å²) in [7, 11) is 3.00. The highest BCUT2D eigenvalue weighted by Crippen LogP contribution is 2.25. The zero-order valence-corrected chi connectivity index (χ0v) is 20.0. The first-order valence-corrected chi connectivity index (χ1v) is 11.2. The van der Waals surface area contributed by atoms with Crippen LogP contribution in [0.4, 0.5) is 15.5 Å². The molecular formula is C21H31N5O5S. The fourth-order valence-electron chi connectivity index (χ4n) is 3.02. The van der Waals surface area contributed by atoms with E-state index in [1.165, 1.54) is 20.2 Å². The third-order valence-corrected chi connectivity index (χ3v) is 5.41. The first-order valence-electron chi connectivity index (χ1n) is 10.3. The maximum atomic E-state index is 11.9. The van der Waals surface area contributed by atoms with E-state index in [9.17, 15) is 14.4 Å². The van der Waals surface area contributed by atoms with Gasteiger partial charge in [0, 0.05) is 32.7 Å². The number of anilines is 1. The summed E-state index contributed by atoms with van der Waals surface area (Å²) in [6, 6.07) is 1.61. The van der Waals surface area contributed by atoms with E-state index >= 15 is 0 Å². The molecule has 2 N–H and O–H groups in total. The van der Waals surface area contributed by atoms with Gasteiger partial charge in [0.05, 0.1) is 17.7 Å². The zero-order valence-electron chi connectivity index (χ0n) is 19.1. The van der Waals surface area contributed by atoms with Crippen LogP contribution in [0.15, 0.2) is 11.0 Å². The predicted octanol–water partition coefficient (Wildman–Crippen LogP) is 2.84. The van der Waals surface area contributed by atoms with Gasteiger partial charge >= 0.3 is 6.09 Å². The molecule has 1 saturated heterocycles. The van der Waals surface area contributed by atoms with Crippen LogP contribution in [-0.4, -0.2) is 67.0 Å². The molecule has 2 rings (SSSR count). The molecule has 0 spiro atoms. The number of carbonyl (C=O) groups excluding carboxylic acids is 3. The van der Waals surface area contributed by atoms with Crippen LogP contribution in [0.2, 0.25) is 0 Å². The lowest BCUT2D eigenvalue weighted by atomic mass is 9.97. The summed E-state index contributed by atoms with van der Waals surface area (Å²) in [5, 5.41) is 4.95. The standard InChI is InChI=1S/C21H31N5O5S/c1-21(2,3)31-19(28)23-12-14-6-8-26(9-7-14)18-24-15(11-17(25-18)30-5)10-16(13-27)32-20(29)22-4/h10-11,13-14H,6-9,12H2,1-5H3,(H,22,29)(H,23,28)/b16-10-. The molecule has 1 aliphatic heterocycles. The van der Waals surface area contributed by atoms with Crippen molar-refractivity contribution in [2.24, 2.45) is 5.92 Å². The van der Waals surface area contributed by atoms with Gasteiger partial charge in [-0.1, -0.05) is 0 Å². The number of aldehydes is 1. The fourth-order valence-corrected chi connectivity index (χ4v) is 3.56. The number of alkyl carbamates (subject to hydrolysis) is 1. The Kier molecular flexibility index (Phi) is 9.30. The molecule has 32 heavy (non-hydrogen) atoms.